The Morgan fingerprint density at radius 1 is 1.06 bits per heavy atom. The van der Waals surface area contributed by atoms with E-state index in [1.54, 1.807) is 0 Å². The van der Waals surface area contributed by atoms with Crippen molar-refractivity contribution >= 4 is 23.0 Å². The van der Waals surface area contributed by atoms with Crippen LogP contribution >= 0.6 is 12.2 Å². The normalized spacial score (nSPS) is 18.0. The van der Waals surface area contributed by atoms with Gasteiger partial charge >= 0.3 is 0 Å². The first-order valence-corrected chi connectivity index (χ1v) is 12.8. The summed E-state index contributed by atoms with van der Waals surface area (Å²) >= 11 is 5.83. The SMILES string of the molecule is CCN(CC)c1ccc(-n2c(C)cc([C@@H]3[C@H](c4ccccn4)NC(=S)N3CC(C)C)c2C)cc1. The molecule has 5 nitrogen and oxygen atoms in total. The average Bonchev–Trinajstić information content (AvgIpc) is 3.30. The van der Waals surface area contributed by atoms with Crippen molar-refractivity contribution in [2.45, 2.75) is 53.6 Å². The Labute approximate surface area is 209 Å². The number of hydrogen-bond acceptors (Lipinski definition) is 3. The van der Waals surface area contributed by atoms with Crippen molar-refractivity contribution in [3.63, 3.8) is 0 Å². The zero-order valence-corrected chi connectivity index (χ0v) is 22.1. The molecule has 2 aromatic heterocycles. The van der Waals surface area contributed by atoms with Crippen LogP contribution in [0.1, 0.15) is 62.4 Å². The quantitative estimate of drug-likeness (QED) is 0.407. The van der Waals surface area contributed by atoms with Gasteiger partial charge in [0.05, 0.1) is 17.8 Å². The highest BCUT2D eigenvalue weighted by atomic mass is 32.1. The van der Waals surface area contributed by atoms with Crippen LogP contribution < -0.4 is 10.2 Å². The van der Waals surface area contributed by atoms with E-state index in [1.165, 1.54) is 28.3 Å². The third-order valence-electron chi connectivity index (χ3n) is 6.79. The van der Waals surface area contributed by atoms with Gasteiger partial charge in [0, 0.05) is 48.6 Å². The number of rotatable bonds is 8. The molecule has 1 aromatic carbocycles. The van der Waals surface area contributed by atoms with Crippen LogP contribution in [0.4, 0.5) is 5.69 Å². The summed E-state index contributed by atoms with van der Waals surface area (Å²) in [6.07, 6.45) is 1.86. The molecule has 1 fully saturated rings. The van der Waals surface area contributed by atoms with Gasteiger partial charge in [-0.3, -0.25) is 4.98 Å². The van der Waals surface area contributed by atoms with E-state index in [0.29, 0.717) is 5.92 Å². The molecule has 4 rings (SSSR count). The third kappa shape index (κ3) is 4.56. The maximum absolute atomic E-state index is 5.83. The summed E-state index contributed by atoms with van der Waals surface area (Å²) in [5, 5.41) is 4.39. The van der Waals surface area contributed by atoms with Gasteiger partial charge < -0.3 is 19.7 Å². The second-order valence-corrected chi connectivity index (χ2v) is 9.91. The molecule has 1 N–H and O–H groups in total. The number of hydrogen-bond donors (Lipinski definition) is 1. The van der Waals surface area contributed by atoms with Crippen molar-refractivity contribution in [1.29, 1.82) is 0 Å². The van der Waals surface area contributed by atoms with Gasteiger partial charge in [-0.05, 0) is 93.9 Å². The first kappa shape index (κ1) is 24.3. The molecule has 0 unspecified atom stereocenters. The van der Waals surface area contributed by atoms with Crippen molar-refractivity contribution in [1.82, 2.24) is 19.8 Å². The fourth-order valence-corrected chi connectivity index (χ4v) is 5.53. The van der Waals surface area contributed by atoms with Gasteiger partial charge in [-0.1, -0.05) is 19.9 Å². The Morgan fingerprint density at radius 3 is 2.35 bits per heavy atom. The molecule has 2 atom stereocenters. The summed E-state index contributed by atoms with van der Waals surface area (Å²) < 4.78 is 2.37. The average molecular weight is 476 g/mol. The highest BCUT2D eigenvalue weighted by molar-refractivity contribution is 7.80. The second kappa shape index (κ2) is 10.2. The van der Waals surface area contributed by atoms with E-state index < -0.39 is 0 Å². The Balaban J connectivity index is 1.76. The number of thiocarbonyl (C=S) groups is 1. The van der Waals surface area contributed by atoms with Crippen molar-refractivity contribution < 1.29 is 0 Å². The number of benzene rings is 1. The lowest BCUT2D eigenvalue weighted by Gasteiger charge is -2.29. The minimum Gasteiger partial charge on any atom is -0.372 e. The molecule has 34 heavy (non-hydrogen) atoms. The maximum Gasteiger partial charge on any atom is 0.170 e. The molecule has 0 aliphatic carbocycles. The van der Waals surface area contributed by atoms with Gasteiger partial charge in [0.25, 0.3) is 0 Å². The summed E-state index contributed by atoms with van der Waals surface area (Å²) in [6, 6.07) is 17.5. The van der Waals surface area contributed by atoms with Crippen LogP contribution in [-0.4, -0.2) is 39.2 Å². The third-order valence-corrected chi connectivity index (χ3v) is 7.14. The van der Waals surface area contributed by atoms with E-state index >= 15 is 0 Å². The Bertz CT molecular complexity index is 1120. The van der Waals surface area contributed by atoms with Gasteiger partial charge in [0.1, 0.15) is 0 Å². The molecule has 3 aromatic rings. The van der Waals surface area contributed by atoms with Crippen LogP contribution in [0.25, 0.3) is 5.69 Å². The Kier molecular flexibility index (Phi) is 7.27. The number of nitrogens with one attached hydrogen (secondary N) is 1. The molecule has 3 heterocycles. The first-order chi connectivity index (χ1) is 16.3. The Hall–Kier alpha value is -2.86. The van der Waals surface area contributed by atoms with Crippen LogP contribution in [0.5, 0.6) is 0 Å². The molecule has 180 valence electrons. The molecule has 0 spiro atoms. The predicted octanol–water partition coefficient (Wildman–Crippen LogP) is 5.96. The van der Waals surface area contributed by atoms with E-state index in [-0.39, 0.29) is 12.1 Å². The summed E-state index contributed by atoms with van der Waals surface area (Å²) in [5.74, 6) is 0.501. The van der Waals surface area contributed by atoms with E-state index in [2.05, 4.69) is 109 Å². The minimum atomic E-state index is 0.0199. The molecule has 0 amide bonds. The van der Waals surface area contributed by atoms with Crippen LogP contribution in [0.2, 0.25) is 0 Å². The standard InChI is InChI=1S/C28H37N5S/c1-7-31(8-2)22-12-14-23(15-13-22)33-20(5)17-24(21(33)6)27-26(25-11-9-10-16-29-25)30-28(34)32(27)18-19(3)4/h9-17,19,26-27H,7-8,18H2,1-6H3,(H,30,34)/t26-,27+/m0/s1. The smallest absolute Gasteiger partial charge is 0.170 e. The molecule has 1 saturated heterocycles. The molecular weight excluding hydrogens is 438 g/mol. The van der Waals surface area contributed by atoms with E-state index in [1.807, 2.05) is 12.3 Å². The topological polar surface area (TPSA) is 36.3 Å². The summed E-state index contributed by atoms with van der Waals surface area (Å²) in [6.45, 7) is 16.2. The number of aryl methyl sites for hydroxylation is 1. The molecule has 0 saturated carbocycles. The van der Waals surface area contributed by atoms with E-state index in [0.717, 1.165) is 30.4 Å². The van der Waals surface area contributed by atoms with E-state index in [4.69, 9.17) is 12.2 Å². The van der Waals surface area contributed by atoms with Gasteiger partial charge in [0.2, 0.25) is 0 Å². The summed E-state index contributed by atoms with van der Waals surface area (Å²) in [7, 11) is 0. The fourth-order valence-electron chi connectivity index (χ4n) is 5.22. The lowest BCUT2D eigenvalue weighted by Crippen LogP contribution is -2.33. The fraction of sp³-hybridized carbons (Fsp3) is 0.429. The molecule has 1 aliphatic rings. The molecule has 6 heteroatoms. The molecule has 0 bridgehead atoms. The maximum atomic E-state index is 5.83. The van der Waals surface area contributed by atoms with Crippen LogP contribution in [0.3, 0.4) is 0 Å². The highest BCUT2D eigenvalue weighted by Gasteiger charge is 2.41. The van der Waals surface area contributed by atoms with Crippen LogP contribution in [0, 0.1) is 19.8 Å². The number of pyridine rings is 1. The number of aromatic nitrogens is 2. The second-order valence-electron chi connectivity index (χ2n) is 9.52. The van der Waals surface area contributed by atoms with Crippen molar-refractivity contribution in [3.8, 4) is 5.69 Å². The van der Waals surface area contributed by atoms with Crippen LogP contribution in [-0.2, 0) is 0 Å². The van der Waals surface area contributed by atoms with Gasteiger partial charge in [-0.2, -0.15) is 0 Å². The minimum absolute atomic E-state index is 0.0199. The van der Waals surface area contributed by atoms with Gasteiger partial charge in [0.15, 0.2) is 5.11 Å². The van der Waals surface area contributed by atoms with Crippen LogP contribution in [0.15, 0.2) is 54.7 Å². The molecule has 0 radical (unpaired) electrons. The molecule has 1 aliphatic heterocycles. The zero-order chi connectivity index (χ0) is 24.4. The van der Waals surface area contributed by atoms with E-state index in [9.17, 15) is 0 Å². The number of nitrogens with zero attached hydrogens (tertiary/aromatic N) is 4. The summed E-state index contributed by atoms with van der Waals surface area (Å²) in [5.41, 5.74) is 7.25. The highest BCUT2D eigenvalue weighted by Crippen LogP contribution is 2.41. The monoisotopic (exact) mass is 475 g/mol. The van der Waals surface area contributed by atoms with Crippen molar-refractivity contribution in [2.75, 3.05) is 24.5 Å². The van der Waals surface area contributed by atoms with Gasteiger partial charge in [-0.25, -0.2) is 0 Å². The number of anilines is 1. The van der Waals surface area contributed by atoms with Crippen molar-refractivity contribution in [2.24, 2.45) is 5.92 Å². The largest absolute Gasteiger partial charge is 0.372 e. The zero-order valence-electron chi connectivity index (χ0n) is 21.2. The van der Waals surface area contributed by atoms with Gasteiger partial charge in [-0.15, -0.1) is 0 Å². The first-order valence-electron chi connectivity index (χ1n) is 12.4. The summed E-state index contributed by atoms with van der Waals surface area (Å²) in [4.78, 5) is 9.41. The lowest BCUT2D eigenvalue weighted by atomic mass is 9.96. The van der Waals surface area contributed by atoms with Crippen molar-refractivity contribution in [3.05, 3.63) is 77.4 Å². The lowest BCUT2D eigenvalue weighted by molar-refractivity contribution is 0.287. The Morgan fingerprint density at radius 2 is 1.76 bits per heavy atom. The molecular formula is C28H37N5S. The predicted molar refractivity (Wildman–Crippen MR) is 146 cm³/mol.